The van der Waals surface area contributed by atoms with Crippen molar-refractivity contribution in [2.75, 3.05) is 33.3 Å². The molecule has 6 nitrogen and oxygen atoms in total. The Balaban J connectivity index is 1.35. The lowest BCUT2D eigenvalue weighted by Gasteiger charge is -2.36. The molecular formula is C25H28F2N2O4. The molecule has 0 saturated carbocycles. The van der Waals surface area contributed by atoms with E-state index in [-0.39, 0.29) is 29.0 Å². The third kappa shape index (κ3) is 5.26. The van der Waals surface area contributed by atoms with E-state index < -0.39 is 6.61 Å². The number of hydrogen-bond acceptors (Lipinski definition) is 4. The fourth-order valence-corrected chi connectivity index (χ4v) is 4.74. The lowest BCUT2D eigenvalue weighted by molar-refractivity contribution is -0.133. The van der Waals surface area contributed by atoms with Crippen LogP contribution in [0.1, 0.15) is 46.7 Å². The summed E-state index contributed by atoms with van der Waals surface area (Å²) < 4.78 is 35.2. The number of fused-ring (bicyclic) bond motifs is 1. The molecule has 176 valence electrons. The van der Waals surface area contributed by atoms with Gasteiger partial charge in [-0.15, -0.1) is 0 Å². The molecule has 2 aromatic rings. The Morgan fingerprint density at radius 1 is 1.06 bits per heavy atom. The second-order valence-electron chi connectivity index (χ2n) is 8.41. The van der Waals surface area contributed by atoms with Gasteiger partial charge in [-0.25, -0.2) is 0 Å². The monoisotopic (exact) mass is 458 g/mol. The Morgan fingerprint density at radius 3 is 2.52 bits per heavy atom. The minimum atomic E-state index is -3.00. The Hall–Kier alpha value is -3.16. The first kappa shape index (κ1) is 23.0. The van der Waals surface area contributed by atoms with Crippen molar-refractivity contribution in [1.29, 1.82) is 0 Å². The van der Waals surface area contributed by atoms with Crippen LogP contribution in [0.2, 0.25) is 0 Å². The molecule has 0 bridgehead atoms. The summed E-state index contributed by atoms with van der Waals surface area (Å²) in [5.74, 6) is 0.599. The van der Waals surface area contributed by atoms with Crippen LogP contribution in [0.5, 0.6) is 11.5 Å². The molecule has 1 atom stereocenters. The highest BCUT2D eigenvalue weighted by atomic mass is 19.3. The Kier molecular flexibility index (Phi) is 7.11. The molecule has 2 aliphatic rings. The molecule has 1 saturated heterocycles. The molecule has 1 aliphatic carbocycles. The van der Waals surface area contributed by atoms with Gasteiger partial charge in [-0.2, -0.15) is 8.78 Å². The first-order chi connectivity index (χ1) is 16.0. The Bertz CT molecular complexity index is 1010. The number of ether oxygens (including phenoxy) is 2. The smallest absolute Gasteiger partial charge is 0.387 e. The van der Waals surface area contributed by atoms with E-state index in [1.165, 1.54) is 23.3 Å². The molecule has 4 rings (SSSR count). The highest BCUT2D eigenvalue weighted by molar-refractivity contribution is 5.97. The van der Waals surface area contributed by atoms with Crippen LogP contribution in [0.3, 0.4) is 0 Å². The number of nitrogens with zero attached hydrogens (tertiary/aromatic N) is 2. The van der Waals surface area contributed by atoms with Gasteiger partial charge < -0.3 is 19.3 Å². The summed E-state index contributed by atoms with van der Waals surface area (Å²) in [5, 5.41) is 0. The van der Waals surface area contributed by atoms with Gasteiger partial charge in [-0.05, 0) is 60.6 Å². The van der Waals surface area contributed by atoms with E-state index >= 15 is 0 Å². The summed E-state index contributed by atoms with van der Waals surface area (Å²) in [6.45, 7) is -1.45. The average Bonchev–Trinajstić information content (AvgIpc) is 2.83. The standard InChI is InChI=1S/C25H28F2N2O4/c1-32-19-9-10-20-17(15-19)5-4-6-18(20)16-23(30)28-11-13-29(14-12-28)24(31)21-7-2-3-8-22(21)33-25(26)27/h2-3,7-10,15,18,25H,4-6,11-14,16H2,1H3. The maximum Gasteiger partial charge on any atom is 0.387 e. The van der Waals surface area contributed by atoms with Crippen LogP contribution in [0.4, 0.5) is 8.78 Å². The van der Waals surface area contributed by atoms with Crippen LogP contribution in [-0.2, 0) is 11.2 Å². The van der Waals surface area contributed by atoms with Crippen molar-refractivity contribution in [2.45, 2.75) is 38.2 Å². The van der Waals surface area contributed by atoms with Gasteiger partial charge in [0.25, 0.3) is 5.91 Å². The molecule has 1 fully saturated rings. The fourth-order valence-electron chi connectivity index (χ4n) is 4.74. The number of benzene rings is 2. The number of piperazine rings is 1. The summed E-state index contributed by atoms with van der Waals surface area (Å²) >= 11 is 0. The van der Waals surface area contributed by atoms with E-state index in [2.05, 4.69) is 16.9 Å². The first-order valence-corrected chi connectivity index (χ1v) is 11.2. The predicted molar refractivity (Wildman–Crippen MR) is 119 cm³/mol. The SMILES string of the molecule is COc1ccc2c(c1)CCCC2CC(=O)N1CCN(C(=O)c2ccccc2OC(F)F)CC1. The van der Waals surface area contributed by atoms with Gasteiger partial charge in [-0.1, -0.05) is 18.2 Å². The maximum atomic E-state index is 13.0. The number of alkyl halides is 2. The summed E-state index contributed by atoms with van der Waals surface area (Å²) in [6.07, 6.45) is 3.46. The van der Waals surface area contributed by atoms with E-state index in [9.17, 15) is 18.4 Å². The quantitative estimate of drug-likeness (QED) is 0.654. The van der Waals surface area contributed by atoms with Crippen LogP contribution in [0.15, 0.2) is 42.5 Å². The minimum Gasteiger partial charge on any atom is -0.497 e. The summed E-state index contributed by atoms with van der Waals surface area (Å²) in [4.78, 5) is 29.3. The van der Waals surface area contributed by atoms with Crippen LogP contribution in [0.25, 0.3) is 0 Å². The molecule has 2 amide bonds. The topological polar surface area (TPSA) is 59.1 Å². The van der Waals surface area contributed by atoms with Crippen molar-refractivity contribution in [1.82, 2.24) is 9.80 Å². The minimum absolute atomic E-state index is 0.0807. The van der Waals surface area contributed by atoms with Gasteiger partial charge in [0.1, 0.15) is 11.5 Å². The van der Waals surface area contributed by atoms with Gasteiger partial charge in [0, 0.05) is 32.6 Å². The van der Waals surface area contributed by atoms with Gasteiger partial charge in [0.2, 0.25) is 5.91 Å². The maximum absolute atomic E-state index is 13.0. The van der Waals surface area contributed by atoms with Gasteiger partial charge >= 0.3 is 6.61 Å². The molecule has 2 aromatic carbocycles. The lowest BCUT2D eigenvalue weighted by atomic mass is 9.80. The molecule has 33 heavy (non-hydrogen) atoms. The number of para-hydroxylation sites is 1. The van der Waals surface area contributed by atoms with E-state index in [1.54, 1.807) is 29.0 Å². The second kappa shape index (κ2) is 10.2. The largest absolute Gasteiger partial charge is 0.497 e. The second-order valence-corrected chi connectivity index (χ2v) is 8.41. The van der Waals surface area contributed by atoms with E-state index in [1.807, 2.05) is 6.07 Å². The number of rotatable bonds is 6. The van der Waals surface area contributed by atoms with Crippen LogP contribution in [-0.4, -0.2) is 61.5 Å². The predicted octanol–water partition coefficient (Wildman–Crippen LogP) is 4.09. The number of hydrogen-bond donors (Lipinski definition) is 0. The van der Waals surface area contributed by atoms with Crippen molar-refractivity contribution in [3.05, 3.63) is 59.2 Å². The normalized spacial score (nSPS) is 18.1. The van der Waals surface area contributed by atoms with E-state index in [0.29, 0.717) is 32.6 Å². The zero-order valence-corrected chi connectivity index (χ0v) is 18.6. The summed E-state index contributed by atoms with van der Waals surface area (Å²) in [6, 6.07) is 12.1. The zero-order chi connectivity index (χ0) is 23.4. The third-order valence-electron chi connectivity index (χ3n) is 6.46. The van der Waals surface area contributed by atoms with Crippen LogP contribution >= 0.6 is 0 Å². The molecule has 1 heterocycles. The number of halogens is 2. The fraction of sp³-hybridized carbons (Fsp3) is 0.440. The average molecular weight is 459 g/mol. The molecule has 0 spiro atoms. The highest BCUT2D eigenvalue weighted by Gasteiger charge is 2.29. The molecule has 0 aromatic heterocycles. The van der Waals surface area contributed by atoms with Crippen LogP contribution < -0.4 is 9.47 Å². The molecule has 1 unspecified atom stereocenters. The molecule has 0 N–H and O–H groups in total. The first-order valence-electron chi connectivity index (χ1n) is 11.2. The zero-order valence-electron chi connectivity index (χ0n) is 18.6. The highest BCUT2D eigenvalue weighted by Crippen LogP contribution is 2.36. The number of carbonyl (C=O) groups excluding carboxylic acids is 2. The van der Waals surface area contributed by atoms with Crippen molar-refractivity contribution in [3.8, 4) is 11.5 Å². The van der Waals surface area contributed by atoms with Gasteiger partial charge in [0.15, 0.2) is 0 Å². The number of carbonyl (C=O) groups is 2. The molecule has 8 heteroatoms. The molecule has 1 aliphatic heterocycles. The van der Waals surface area contributed by atoms with Gasteiger partial charge in [0.05, 0.1) is 12.7 Å². The Labute approximate surface area is 192 Å². The Morgan fingerprint density at radius 2 is 1.79 bits per heavy atom. The molecule has 0 radical (unpaired) electrons. The van der Waals surface area contributed by atoms with E-state index in [0.717, 1.165) is 25.0 Å². The lowest BCUT2D eigenvalue weighted by Crippen LogP contribution is -2.50. The summed E-state index contributed by atoms with van der Waals surface area (Å²) in [7, 11) is 1.65. The summed E-state index contributed by atoms with van der Waals surface area (Å²) in [5.41, 5.74) is 2.57. The van der Waals surface area contributed by atoms with E-state index in [4.69, 9.17) is 4.74 Å². The third-order valence-corrected chi connectivity index (χ3v) is 6.46. The van der Waals surface area contributed by atoms with Crippen LogP contribution in [0, 0.1) is 0 Å². The van der Waals surface area contributed by atoms with Crippen molar-refractivity contribution in [2.24, 2.45) is 0 Å². The van der Waals surface area contributed by atoms with Crippen molar-refractivity contribution in [3.63, 3.8) is 0 Å². The van der Waals surface area contributed by atoms with Gasteiger partial charge in [-0.3, -0.25) is 9.59 Å². The number of amides is 2. The van der Waals surface area contributed by atoms with Crippen molar-refractivity contribution < 1.29 is 27.8 Å². The van der Waals surface area contributed by atoms with Crippen molar-refractivity contribution >= 4 is 11.8 Å². The number of aryl methyl sites for hydroxylation is 1. The number of methoxy groups -OCH3 is 1. The molecular weight excluding hydrogens is 430 g/mol.